The van der Waals surface area contributed by atoms with Crippen molar-refractivity contribution in [3.8, 4) is 0 Å². The van der Waals surface area contributed by atoms with E-state index in [1.54, 1.807) is 18.2 Å². The molecule has 8 heteroatoms. The molecule has 1 aromatic rings. The smallest absolute Gasteiger partial charge is 0.255 e. The van der Waals surface area contributed by atoms with Gasteiger partial charge >= 0.3 is 0 Å². The lowest BCUT2D eigenvalue weighted by molar-refractivity contribution is -0.136. The predicted molar refractivity (Wildman–Crippen MR) is 100 cm³/mol. The van der Waals surface area contributed by atoms with Crippen molar-refractivity contribution in [1.29, 1.82) is 0 Å². The molecule has 1 aromatic carbocycles. The second-order valence-corrected chi connectivity index (χ2v) is 7.61. The average Bonchev–Trinajstić information content (AvgIpc) is 3.30. The molecule has 3 aliphatic heterocycles. The van der Waals surface area contributed by atoms with Crippen LogP contribution in [0, 0.1) is 0 Å². The molecule has 0 saturated carbocycles. The zero-order valence-corrected chi connectivity index (χ0v) is 15.6. The minimum atomic E-state index is -0.645. The molecule has 0 spiro atoms. The lowest BCUT2D eigenvalue weighted by atomic mass is 10.0. The number of imide groups is 1. The molecular weight excluding hydrogens is 360 g/mol. The van der Waals surface area contributed by atoms with Gasteiger partial charge in [0, 0.05) is 36.7 Å². The van der Waals surface area contributed by atoms with Crippen LogP contribution in [0.15, 0.2) is 18.2 Å². The maximum absolute atomic E-state index is 12.8. The summed E-state index contributed by atoms with van der Waals surface area (Å²) < 4.78 is 0. The van der Waals surface area contributed by atoms with Crippen LogP contribution < -0.4 is 16.0 Å². The van der Waals surface area contributed by atoms with Crippen molar-refractivity contribution in [2.24, 2.45) is 0 Å². The molecule has 8 nitrogen and oxygen atoms in total. The molecule has 2 fully saturated rings. The standard InChI is InChI=1S/C20H24N4O4/c25-17-6-5-16(19(27)23-17)24-11-13-4-3-12(10-15(13)20(24)28)18(26)22-9-7-14-2-1-8-21-14/h3-4,10,14,16,21H,1-2,5-9,11H2,(H,22,26)(H,23,25,27)/t14-,16?/m1/s1. The van der Waals surface area contributed by atoms with E-state index in [1.165, 1.54) is 11.3 Å². The Labute approximate surface area is 163 Å². The van der Waals surface area contributed by atoms with Crippen LogP contribution in [-0.4, -0.2) is 53.7 Å². The van der Waals surface area contributed by atoms with Crippen LogP contribution in [0.3, 0.4) is 0 Å². The van der Waals surface area contributed by atoms with Crippen LogP contribution in [0.4, 0.5) is 0 Å². The highest BCUT2D eigenvalue weighted by Crippen LogP contribution is 2.28. The SMILES string of the molecule is O=C1CCC(N2Cc3ccc(C(=O)NCC[C@H]4CCCN4)cc3C2=O)C(=O)N1. The van der Waals surface area contributed by atoms with E-state index in [0.29, 0.717) is 36.7 Å². The Balaban J connectivity index is 1.40. The average molecular weight is 384 g/mol. The minimum absolute atomic E-state index is 0.201. The molecule has 0 bridgehead atoms. The molecule has 0 aliphatic carbocycles. The van der Waals surface area contributed by atoms with Gasteiger partial charge in [-0.25, -0.2) is 0 Å². The van der Waals surface area contributed by atoms with Gasteiger partial charge in [-0.3, -0.25) is 24.5 Å². The topological polar surface area (TPSA) is 108 Å². The van der Waals surface area contributed by atoms with Gasteiger partial charge in [-0.15, -0.1) is 0 Å². The normalized spacial score (nSPS) is 24.3. The number of piperidine rings is 1. The molecule has 3 aliphatic rings. The second-order valence-electron chi connectivity index (χ2n) is 7.61. The molecule has 148 valence electrons. The van der Waals surface area contributed by atoms with E-state index in [1.807, 2.05) is 0 Å². The first-order valence-corrected chi connectivity index (χ1v) is 9.82. The van der Waals surface area contributed by atoms with Crippen LogP contribution in [0.1, 0.15) is 58.4 Å². The van der Waals surface area contributed by atoms with Crippen molar-refractivity contribution in [3.05, 3.63) is 34.9 Å². The molecule has 0 radical (unpaired) electrons. The highest BCUT2D eigenvalue weighted by molar-refractivity contribution is 6.06. The van der Waals surface area contributed by atoms with Crippen LogP contribution in [0.25, 0.3) is 0 Å². The van der Waals surface area contributed by atoms with E-state index in [9.17, 15) is 19.2 Å². The summed E-state index contributed by atoms with van der Waals surface area (Å²) in [6, 6.07) is 4.90. The van der Waals surface area contributed by atoms with E-state index >= 15 is 0 Å². The predicted octanol–water partition coefficient (Wildman–Crippen LogP) is 0.320. The fourth-order valence-corrected chi connectivity index (χ4v) is 4.16. The quantitative estimate of drug-likeness (QED) is 0.634. The highest BCUT2D eigenvalue weighted by atomic mass is 16.2. The van der Waals surface area contributed by atoms with Crippen molar-refractivity contribution in [2.75, 3.05) is 13.1 Å². The van der Waals surface area contributed by atoms with Crippen molar-refractivity contribution >= 4 is 23.6 Å². The first-order valence-electron chi connectivity index (χ1n) is 9.82. The molecule has 0 aromatic heterocycles. The second kappa shape index (κ2) is 7.71. The van der Waals surface area contributed by atoms with Gasteiger partial charge in [-0.05, 0) is 49.9 Å². The van der Waals surface area contributed by atoms with Crippen molar-refractivity contribution in [1.82, 2.24) is 20.9 Å². The number of benzene rings is 1. The van der Waals surface area contributed by atoms with E-state index in [-0.39, 0.29) is 24.1 Å². The van der Waals surface area contributed by atoms with Gasteiger partial charge in [-0.2, -0.15) is 0 Å². The molecular formula is C20H24N4O4. The molecule has 3 heterocycles. The molecule has 1 unspecified atom stereocenters. The van der Waals surface area contributed by atoms with E-state index < -0.39 is 11.9 Å². The zero-order chi connectivity index (χ0) is 19.7. The number of nitrogens with zero attached hydrogens (tertiary/aromatic N) is 1. The van der Waals surface area contributed by atoms with Gasteiger partial charge in [0.25, 0.3) is 11.8 Å². The van der Waals surface area contributed by atoms with E-state index in [4.69, 9.17) is 0 Å². The summed E-state index contributed by atoms with van der Waals surface area (Å²) in [5.41, 5.74) is 1.69. The summed E-state index contributed by atoms with van der Waals surface area (Å²) >= 11 is 0. The van der Waals surface area contributed by atoms with Crippen LogP contribution in [-0.2, 0) is 16.1 Å². The summed E-state index contributed by atoms with van der Waals surface area (Å²) in [5, 5.41) is 8.60. The fourth-order valence-electron chi connectivity index (χ4n) is 4.16. The van der Waals surface area contributed by atoms with Crippen LogP contribution >= 0.6 is 0 Å². The Morgan fingerprint density at radius 2 is 2.07 bits per heavy atom. The van der Waals surface area contributed by atoms with Gasteiger partial charge in [0.2, 0.25) is 11.8 Å². The van der Waals surface area contributed by atoms with Crippen LogP contribution in [0.2, 0.25) is 0 Å². The summed E-state index contributed by atoms with van der Waals surface area (Å²) in [4.78, 5) is 50.2. The maximum Gasteiger partial charge on any atom is 0.255 e. The van der Waals surface area contributed by atoms with Gasteiger partial charge in [-0.1, -0.05) is 6.07 Å². The minimum Gasteiger partial charge on any atom is -0.352 e. The lowest BCUT2D eigenvalue weighted by Gasteiger charge is -2.29. The van der Waals surface area contributed by atoms with E-state index in [0.717, 1.165) is 24.9 Å². The van der Waals surface area contributed by atoms with Crippen molar-refractivity contribution in [2.45, 2.75) is 50.7 Å². The number of carbonyl (C=O) groups excluding carboxylic acids is 4. The first kappa shape index (κ1) is 18.6. The fraction of sp³-hybridized carbons (Fsp3) is 0.500. The van der Waals surface area contributed by atoms with Gasteiger partial charge in [0.05, 0.1) is 0 Å². The summed E-state index contributed by atoms with van der Waals surface area (Å²) in [6.45, 7) is 1.94. The Hall–Kier alpha value is -2.74. The molecule has 2 saturated heterocycles. The number of hydrogen-bond acceptors (Lipinski definition) is 5. The zero-order valence-electron chi connectivity index (χ0n) is 15.6. The summed E-state index contributed by atoms with van der Waals surface area (Å²) in [7, 11) is 0. The molecule has 28 heavy (non-hydrogen) atoms. The van der Waals surface area contributed by atoms with Crippen molar-refractivity contribution in [3.63, 3.8) is 0 Å². The Kier molecular flexibility index (Phi) is 5.13. The maximum atomic E-state index is 12.8. The van der Waals surface area contributed by atoms with Gasteiger partial charge < -0.3 is 15.5 Å². The third kappa shape index (κ3) is 3.64. The van der Waals surface area contributed by atoms with Gasteiger partial charge in [0.1, 0.15) is 6.04 Å². The Morgan fingerprint density at radius 3 is 2.82 bits per heavy atom. The molecule has 3 N–H and O–H groups in total. The first-order chi connectivity index (χ1) is 13.5. The number of rotatable bonds is 5. The largest absolute Gasteiger partial charge is 0.352 e. The van der Waals surface area contributed by atoms with Gasteiger partial charge in [0.15, 0.2) is 0 Å². The number of nitrogens with one attached hydrogen (secondary N) is 3. The number of fused-ring (bicyclic) bond motifs is 1. The number of amides is 4. The third-order valence-electron chi connectivity index (χ3n) is 5.73. The van der Waals surface area contributed by atoms with E-state index in [2.05, 4.69) is 16.0 Å². The monoisotopic (exact) mass is 384 g/mol. The lowest BCUT2D eigenvalue weighted by Crippen LogP contribution is -2.52. The molecule has 4 amide bonds. The Bertz CT molecular complexity index is 831. The number of hydrogen-bond donors (Lipinski definition) is 3. The molecule has 4 rings (SSSR count). The van der Waals surface area contributed by atoms with Crippen molar-refractivity contribution < 1.29 is 19.2 Å². The summed E-state index contributed by atoms with van der Waals surface area (Å²) in [5.74, 6) is -1.21. The number of carbonyl (C=O) groups is 4. The third-order valence-corrected chi connectivity index (χ3v) is 5.73. The Morgan fingerprint density at radius 1 is 1.21 bits per heavy atom. The van der Waals surface area contributed by atoms with Crippen LogP contribution in [0.5, 0.6) is 0 Å². The summed E-state index contributed by atoms with van der Waals surface area (Å²) in [6.07, 6.45) is 3.75. The highest BCUT2D eigenvalue weighted by Gasteiger charge is 2.39. The molecule has 2 atom stereocenters.